The van der Waals surface area contributed by atoms with E-state index in [4.69, 9.17) is 5.11 Å². The summed E-state index contributed by atoms with van der Waals surface area (Å²) in [7, 11) is 3.36. The van der Waals surface area contributed by atoms with E-state index in [2.05, 4.69) is 5.32 Å². The molecule has 0 atom stereocenters. The van der Waals surface area contributed by atoms with Crippen LogP contribution in [0.5, 0.6) is 5.75 Å². The van der Waals surface area contributed by atoms with Gasteiger partial charge in [-0.2, -0.15) is 0 Å². The van der Waals surface area contributed by atoms with E-state index in [0.29, 0.717) is 6.54 Å². The summed E-state index contributed by atoms with van der Waals surface area (Å²) in [6.07, 6.45) is 0. The molecule has 2 amide bonds. The summed E-state index contributed by atoms with van der Waals surface area (Å²) in [6.45, 7) is 0.422. The first-order valence-electron chi connectivity index (χ1n) is 4.32. The Hall–Kier alpha value is -1.71. The van der Waals surface area contributed by atoms with Gasteiger partial charge in [0.2, 0.25) is 0 Å². The number of nitrogens with one attached hydrogen (secondary N) is 1. The van der Waals surface area contributed by atoms with E-state index in [-0.39, 0.29) is 11.8 Å². The molecule has 0 aromatic heterocycles. The predicted molar refractivity (Wildman–Crippen MR) is 54.0 cm³/mol. The number of aromatic hydroxyl groups is 1. The zero-order chi connectivity index (χ0) is 10.6. The van der Waals surface area contributed by atoms with Crippen molar-refractivity contribution in [2.75, 3.05) is 14.1 Å². The van der Waals surface area contributed by atoms with Crippen LogP contribution < -0.4 is 5.32 Å². The Labute approximate surface area is 83.2 Å². The minimum atomic E-state index is -0.145. The fourth-order valence-electron chi connectivity index (χ4n) is 1.00. The number of phenolic OH excluding ortho intramolecular Hbond substituents is 1. The number of urea groups is 1. The van der Waals surface area contributed by atoms with Gasteiger partial charge in [-0.25, -0.2) is 4.79 Å². The fraction of sp³-hybridized carbons (Fsp3) is 0.300. The summed E-state index contributed by atoms with van der Waals surface area (Å²) < 4.78 is 0. The van der Waals surface area contributed by atoms with E-state index in [1.807, 2.05) is 6.07 Å². The highest BCUT2D eigenvalue weighted by Gasteiger charge is 2.02. The van der Waals surface area contributed by atoms with Gasteiger partial charge >= 0.3 is 6.03 Å². The molecule has 76 valence electrons. The van der Waals surface area contributed by atoms with Crippen molar-refractivity contribution in [1.82, 2.24) is 10.2 Å². The molecule has 0 unspecified atom stereocenters. The van der Waals surface area contributed by atoms with Gasteiger partial charge in [-0.3, -0.25) is 0 Å². The maximum atomic E-state index is 11.2. The molecule has 0 aliphatic heterocycles. The van der Waals surface area contributed by atoms with Crippen LogP contribution in [0.25, 0.3) is 0 Å². The Morgan fingerprint density at radius 3 is 2.79 bits per heavy atom. The summed E-state index contributed by atoms with van der Waals surface area (Å²) in [5, 5.41) is 11.9. The standard InChI is InChI=1S/C10H14N2O2/c1-12(2)10(14)11-7-8-4-3-5-9(13)6-8/h3-6,13H,7H2,1-2H3,(H,11,14). The zero-order valence-electron chi connectivity index (χ0n) is 8.32. The normalized spacial score (nSPS) is 9.57. The molecule has 1 aromatic carbocycles. The third-order valence-electron chi connectivity index (χ3n) is 1.76. The van der Waals surface area contributed by atoms with Gasteiger partial charge in [-0.1, -0.05) is 12.1 Å². The molecule has 0 fully saturated rings. The monoisotopic (exact) mass is 194 g/mol. The van der Waals surface area contributed by atoms with Crippen LogP contribution in [0.4, 0.5) is 4.79 Å². The third kappa shape index (κ3) is 2.97. The SMILES string of the molecule is CN(C)C(=O)NCc1cccc(O)c1. The van der Waals surface area contributed by atoms with E-state index in [0.717, 1.165) is 5.56 Å². The molecule has 0 bridgehead atoms. The summed E-state index contributed by atoms with van der Waals surface area (Å²) >= 11 is 0. The van der Waals surface area contributed by atoms with Gasteiger partial charge in [-0.15, -0.1) is 0 Å². The predicted octanol–water partition coefficient (Wildman–Crippen LogP) is 1.16. The average molecular weight is 194 g/mol. The highest BCUT2D eigenvalue weighted by atomic mass is 16.3. The highest BCUT2D eigenvalue weighted by molar-refractivity contribution is 5.73. The Kier molecular flexibility index (Phi) is 3.34. The topological polar surface area (TPSA) is 52.6 Å². The summed E-state index contributed by atoms with van der Waals surface area (Å²) in [5.74, 6) is 0.210. The maximum absolute atomic E-state index is 11.2. The van der Waals surface area contributed by atoms with Crippen LogP contribution in [-0.4, -0.2) is 30.1 Å². The Bertz CT molecular complexity index is 324. The first kappa shape index (κ1) is 10.4. The van der Waals surface area contributed by atoms with Gasteiger partial charge in [0.05, 0.1) is 0 Å². The van der Waals surface area contributed by atoms with Gasteiger partial charge in [0.1, 0.15) is 5.75 Å². The van der Waals surface area contributed by atoms with Gasteiger partial charge in [0.25, 0.3) is 0 Å². The number of rotatable bonds is 2. The minimum Gasteiger partial charge on any atom is -0.508 e. The fourth-order valence-corrected chi connectivity index (χ4v) is 1.00. The molecule has 0 saturated heterocycles. The lowest BCUT2D eigenvalue weighted by molar-refractivity contribution is 0.217. The first-order valence-corrected chi connectivity index (χ1v) is 4.32. The summed E-state index contributed by atoms with van der Waals surface area (Å²) in [4.78, 5) is 12.6. The number of benzene rings is 1. The number of carbonyl (C=O) groups excluding carboxylic acids is 1. The number of carbonyl (C=O) groups is 1. The number of nitrogens with zero attached hydrogens (tertiary/aromatic N) is 1. The van der Waals surface area contributed by atoms with E-state index in [1.54, 1.807) is 32.3 Å². The third-order valence-corrected chi connectivity index (χ3v) is 1.76. The number of amides is 2. The second kappa shape index (κ2) is 4.50. The number of phenols is 1. The van der Waals surface area contributed by atoms with Crippen molar-refractivity contribution in [3.8, 4) is 5.75 Å². The van der Waals surface area contributed by atoms with Gasteiger partial charge in [0.15, 0.2) is 0 Å². The summed E-state index contributed by atoms with van der Waals surface area (Å²) in [5.41, 5.74) is 0.875. The van der Waals surface area contributed by atoms with Crippen molar-refractivity contribution < 1.29 is 9.90 Å². The van der Waals surface area contributed by atoms with Gasteiger partial charge in [-0.05, 0) is 17.7 Å². The molecule has 0 radical (unpaired) electrons. The van der Waals surface area contributed by atoms with E-state index >= 15 is 0 Å². The lowest BCUT2D eigenvalue weighted by Crippen LogP contribution is -2.33. The second-order valence-electron chi connectivity index (χ2n) is 3.22. The molecule has 1 aromatic rings. The molecule has 0 aliphatic carbocycles. The van der Waals surface area contributed by atoms with Crippen molar-refractivity contribution in [3.05, 3.63) is 29.8 Å². The van der Waals surface area contributed by atoms with Crippen molar-refractivity contribution in [2.24, 2.45) is 0 Å². The van der Waals surface area contributed by atoms with Crippen LogP contribution in [0.3, 0.4) is 0 Å². The lowest BCUT2D eigenvalue weighted by Gasteiger charge is -2.11. The van der Waals surface area contributed by atoms with E-state index < -0.39 is 0 Å². The molecule has 0 aliphatic rings. The average Bonchev–Trinajstić information content (AvgIpc) is 2.14. The van der Waals surface area contributed by atoms with Crippen LogP contribution in [-0.2, 0) is 6.54 Å². The molecule has 4 heteroatoms. The highest BCUT2D eigenvalue weighted by Crippen LogP contribution is 2.10. The van der Waals surface area contributed by atoms with Crippen LogP contribution in [0, 0.1) is 0 Å². The molecule has 0 heterocycles. The van der Waals surface area contributed by atoms with Crippen molar-refractivity contribution >= 4 is 6.03 Å². The lowest BCUT2D eigenvalue weighted by atomic mass is 10.2. The number of hydrogen-bond acceptors (Lipinski definition) is 2. The molecule has 4 nitrogen and oxygen atoms in total. The van der Waals surface area contributed by atoms with E-state index in [1.165, 1.54) is 4.90 Å². The van der Waals surface area contributed by atoms with Crippen LogP contribution in [0.15, 0.2) is 24.3 Å². The summed E-state index contributed by atoms with van der Waals surface area (Å²) in [6, 6.07) is 6.66. The van der Waals surface area contributed by atoms with Gasteiger partial charge < -0.3 is 15.3 Å². The zero-order valence-corrected chi connectivity index (χ0v) is 8.32. The first-order chi connectivity index (χ1) is 6.59. The minimum absolute atomic E-state index is 0.145. The van der Waals surface area contributed by atoms with Gasteiger partial charge in [0, 0.05) is 20.6 Å². The molecular weight excluding hydrogens is 180 g/mol. The van der Waals surface area contributed by atoms with Crippen molar-refractivity contribution in [1.29, 1.82) is 0 Å². The second-order valence-corrected chi connectivity index (χ2v) is 3.22. The molecule has 0 saturated carbocycles. The largest absolute Gasteiger partial charge is 0.508 e. The van der Waals surface area contributed by atoms with Crippen LogP contribution in [0.2, 0.25) is 0 Å². The Morgan fingerprint density at radius 1 is 1.50 bits per heavy atom. The smallest absolute Gasteiger partial charge is 0.317 e. The molecule has 2 N–H and O–H groups in total. The molecular formula is C10H14N2O2. The molecule has 14 heavy (non-hydrogen) atoms. The van der Waals surface area contributed by atoms with E-state index in [9.17, 15) is 4.79 Å². The van der Waals surface area contributed by atoms with Crippen LogP contribution in [0.1, 0.15) is 5.56 Å². The molecule has 0 spiro atoms. The van der Waals surface area contributed by atoms with Crippen LogP contribution >= 0.6 is 0 Å². The van der Waals surface area contributed by atoms with Crippen molar-refractivity contribution in [2.45, 2.75) is 6.54 Å². The maximum Gasteiger partial charge on any atom is 0.317 e. The quantitative estimate of drug-likeness (QED) is 0.742. The van der Waals surface area contributed by atoms with Crippen molar-refractivity contribution in [3.63, 3.8) is 0 Å². The Balaban J connectivity index is 2.50. The molecule has 1 rings (SSSR count). The number of hydrogen-bond donors (Lipinski definition) is 2. The Morgan fingerprint density at radius 2 is 2.21 bits per heavy atom.